The van der Waals surface area contributed by atoms with E-state index in [-0.39, 0.29) is 19.4 Å². The first kappa shape index (κ1) is 42.5. The fraction of sp³-hybridized carbons (Fsp3) is 0.906. The average Bonchev–Trinajstić information content (AvgIpc) is 2.99. The summed E-state index contributed by atoms with van der Waals surface area (Å²) in [5.41, 5.74) is 5.28. The number of hydrogen-bond acceptors (Lipinski definition) is 9. The Hall–Kier alpha value is -1.52. The molecule has 44 heavy (non-hydrogen) atoms. The molecule has 0 amide bonds. The van der Waals surface area contributed by atoms with E-state index in [2.05, 4.69) is 18.4 Å². The fourth-order valence-corrected chi connectivity index (χ4v) is 5.37. The Morgan fingerprint density at radius 3 is 1.43 bits per heavy atom. The van der Waals surface area contributed by atoms with Gasteiger partial charge in [0.25, 0.3) is 0 Å². The minimum atomic E-state index is -4.69. The van der Waals surface area contributed by atoms with Crippen LogP contribution in [-0.2, 0) is 37.5 Å². The summed E-state index contributed by atoms with van der Waals surface area (Å²) in [7, 11) is -4.69. The Labute approximate surface area is 265 Å². The molecule has 0 radical (unpaired) electrons. The van der Waals surface area contributed by atoms with Gasteiger partial charge in [0.1, 0.15) is 12.6 Å². The third kappa shape index (κ3) is 28.0. The number of carbonyl (C=O) groups excluding carboxylic acids is 2. The Kier molecular flexibility index (Phi) is 27.9. The normalized spacial score (nSPS) is 14.1. The Balaban J connectivity index is 4.34. The van der Waals surface area contributed by atoms with Gasteiger partial charge in [0, 0.05) is 12.8 Å². The molecular weight excluding hydrogens is 589 g/mol. The van der Waals surface area contributed by atoms with Crippen LogP contribution in [-0.4, -0.2) is 59.9 Å². The van der Waals surface area contributed by atoms with Crippen LogP contribution in [0.15, 0.2) is 0 Å². The highest BCUT2D eigenvalue weighted by Crippen LogP contribution is 2.43. The van der Waals surface area contributed by atoms with Crippen molar-refractivity contribution in [1.29, 1.82) is 0 Å². The minimum Gasteiger partial charge on any atom is -0.480 e. The van der Waals surface area contributed by atoms with Gasteiger partial charge in [-0.15, -0.1) is 0 Å². The van der Waals surface area contributed by atoms with Gasteiger partial charge in [-0.2, -0.15) is 0 Å². The SMILES string of the molecule is CCCCCCCCCCCCCCCCCC(=O)OC(COC(=O)CCCCCCC)COP(=O)(O)OCC(N)C(=O)O. The summed E-state index contributed by atoms with van der Waals surface area (Å²) in [6.45, 7) is 2.68. The van der Waals surface area contributed by atoms with Crippen LogP contribution in [0.3, 0.4) is 0 Å². The Bertz CT molecular complexity index is 782. The lowest BCUT2D eigenvalue weighted by Crippen LogP contribution is -2.34. The maximum Gasteiger partial charge on any atom is 0.472 e. The van der Waals surface area contributed by atoms with Gasteiger partial charge in [0.05, 0.1) is 13.2 Å². The second-order valence-electron chi connectivity index (χ2n) is 11.7. The van der Waals surface area contributed by atoms with E-state index in [4.69, 9.17) is 24.8 Å². The predicted molar refractivity (Wildman–Crippen MR) is 171 cm³/mol. The van der Waals surface area contributed by atoms with Crippen molar-refractivity contribution in [1.82, 2.24) is 0 Å². The number of rotatable bonds is 32. The van der Waals surface area contributed by atoms with E-state index >= 15 is 0 Å². The maximum atomic E-state index is 12.5. The third-order valence-electron chi connectivity index (χ3n) is 7.36. The molecule has 3 atom stereocenters. The zero-order chi connectivity index (χ0) is 32.9. The number of nitrogens with two attached hydrogens (primary N) is 1. The molecule has 0 aromatic rings. The standard InChI is InChI=1S/C32H62NO10P/c1-3-5-7-9-10-11-12-13-14-15-16-17-18-20-22-24-31(35)43-28(25-40-30(34)23-21-19-8-6-4-2)26-41-44(38,39)42-27-29(33)32(36)37/h28-29H,3-27,33H2,1-2H3,(H,36,37)(H,38,39). The molecule has 0 spiro atoms. The third-order valence-corrected chi connectivity index (χ3v) is 8.31. The monoisotopic (exact) mass is 651 g/mol. The summed E-state index contributed by atoms with van der Waals surface area (Å²) < 4.78 is 32.3. The highest BCUT2D eigenvalue weighted by Gasteiger charge is 2.28. The van der Waals surface area contributed by atoms with Gasteiger partial charge in [0.2, 0.25) is 0 Å². The van der Waals surface area contributed by atoms with Crippen molar-refractivity contribution in [3.8, 4) is 0 Å². The molecule has 0 aliphatic rings. The molecule has 260 valence electrons. The van der Waals surface area contributed by atoms with E-state index in [0.29, 0.717) is 12.8 Å². The number of unbranched alkanes of at least 4 members (excludes halogenated alkanes) is 18. The Morgan fingerprint density at radius 2 is 1.00 bits per heavy atom. The molecule has 0 fully saturated rings. The Morgan fingerprint density at radius 1 is 0.614 bits per heavy atom. The number of carbonyl (C=O) groups is 3. The quantitative estimate of drug-likeness (QED) is 0.0371. The summed E-state index contributed by atoms with van der Waals surface area (Å²) in [6, 6.07) is -1.51. The van der Waals surface area contributed by atoms with Gasteiger partial charge in [-0.1, -0.05) is 129 Å². The van der Waals surface area contributed by atoms with Crippen LogP contribution in [0.4, 0.5) is 0 Å². The highest BCUT2D eigenvalue weighted by molar-refractivity contribution is 7.47. The van der Waals surface area contributed by atoms with Crippen LogP contribution in [0, 0.1) is 0 Å². The summed E-state index contributed by atoms with van der Waals surface area (Å²) >= 11 is 0. The van der Waals surface area contributed by atoms with Crippen molar-refractivity contribution in [2.24, 2.45) is 5.73 Å². The van der Waals surface area contributed by atoms with E-state index in [9.17, 15) is 23.8 Å². The molecule has 0 rings (SSSR count). The maximum absolute atomic E-state index is 12.5. The van der Waals surface area contributed by atoms with Crippen LogP contribution in [0.5, 0.6) is 0 Å². The van der Waals surface area contributed by atoms with Crippen LogP contribution in [0.2, 0.25) is 0 Å². The molecule has 0 aromatic heterocycles. The lowest BCUT2D eigenvalue weighted by molar-refractivity contribution is -0.161. The van der Waals surface area contributed by atoms with Crippen LogP contribution >= 0.6 is 7.82 Å². The van der Waals surface area contributed by atoms with Crippen LogP contribution in [0.1, 0.15) is 155 Å². The number of hydrogen-bond donors (Lipinski definition) is 3. The molecule has 3 unspecified atom stereocenters. The number of carboxylic acid groups (broad SMARTS) is 1. The van der Waals surface area contributed by atoms with E-state index in [1.165, 1.54) is 70.6 Å². The van der Waals surface area contributed by atoms with Gasteiger partial charge < -0.3 is 25.2 Å². The molecule has 0 bridgehead atoms. The first-order valence-corrected chi connectivity index (χ1v) is 18.6. The second-order valence-corrected chi connectivity index (χ2v) is 13.1. The van der Waals surface area contributed by atoms with Crippen molar-refractivity contribution in [3.63, 3.8) is 0 Å². The van der Waals surface area contributed by atoms with Crippen LogP contribution < -0.4 is 5.73 Å². The number of carboxylic acids is 1. The number of phosphoric acid groups is 1. The van der Waals surface area contributed by atoms with Gasteiger partial charge >= 0.3 is 25.7 Å². The number of esters is 2. The largest absolute Gasteiger partial charge is 0.480 e. The van der Waals surface area contributed by atoms with E-state index in [1.54, 1.807) is 0 Å². The lowest BCUT2D eigenvalue weighted by atomic mass is 10.0. The molecule has 12 heteroatoms. The molecular formula is C32H62NO10P. The predicted octanol–water partition coefficient (Wildman–Crippen LogP) is 7.61. The molecule has 4 N–H and O–H groups in total. The first-order chi connectivity index (χ1) is 21.1. The molecule has 0 saturated carbocycles. The summed E-state index contributed by atoms with van der Waals surface area (Å²) in [6.07, 6.45) is 22.3. The fourth-order valence-electron chi connectivity index (χ4n) is 4.59. The van der Waals surface area contributed by atoms with Gasteiger partial charge in [-0.25, -0.2) is 4.57 Å². The van der Waals surface area contributed by atoms with E-state index < -0.39 is 51.1 Å². The zero-order valence-electron chi connectivity index (χ0n) is 27.5. The number of ether oxygens (including phenoxy) is 2. The van der Waals surface area contributed by atoms with Gasteiger partial charge in [0.15, 0.2) is 6.10 Å². The van der Waals surface area contributed by atoms with Crippen molar-refractivity contribution in [2.45, 2.75) is 167 Å². The summed E-state index contributed by atoms with van der Waals surface area (Å²) in [5.74, 6) is -2.39. The highest BCUT2D eigenvalue weighted by atomic mass is 31.2. The summed E-state index contributed by atoms with van der Waals surface area (Å²) in [4.78, 5) is 45.3. The zero-order valence-corrected chi connectivity index (χ0v) is 28.4. The molecule has 0 saturated heterocycles. The number of phosphoric ester groups is 1. The van der Waals surface area contributed by atoms with Crippen molar-refractivity contribution in [2.75, 3.05) is 19.8 Å². The topological polar surface area (TPSA) is 172 Å². The van der Waals surface area contributed by atoms with Crippen molar-refractivity contribution < 1.29 is 47.5 Å². The van der Waals surface area contributed by atoms with E-state index in [0.717, 1.165) is 44.9 Å². The van der Waals surface area contributed by atoms with Gasteiger partial charge in [-0.05, 0) is 12.8 Å². The van der Waals surface area contributed by atoms with Crippen molar-refractivity contribution >= 4 is 25.7 Å². The first-order valence-electron chi connectivity index (χ1n) is 17.1. The van der Waals surface area contributed by atoms with E-state index in [1.807, 2.05) is 0 Å². The lowest BCUT2D eigenvalue weighted by Gasteiger charge is -2.20. The number of aliphatic carboxylic acids is 1. The average molecular weight is 652 g/mol. The smallest absolute Gasteiger partial charge is 0.472 e. The molecule has 0 aliphatic carbocycles. The molecule has 11 nitrogen and oxygen atoms in total. The van der Waals surface area contributed by atoms with Crippen molar-refractivity contribution in [3.05, 3.63) is 0 Å². The second kappa shape index (κ2) is 28.9. The van der Waals surface area contributed by atoms with Gasteiger partial charge in [-0.3, -0.25) is 23.4 Å². The molecule has 0 heterocycles. The molecule has 0 aliphatic heterocycles. The van der Waals surface area contributed by atoms with Crippen LogP contribution in [0.25, 0.3) is 0 Å². The molecule has 0 aromatic carbocycles. The summed E-state index contributed by atoms with van der Waals surface area (Å²) in [5, 5.41) is 8.80. The minimum absolute atomic E-state index is 0.168.